The summed E-state index contributed by atoms with van der Waals surface area (Å²) in [6.45, 7) is 1.91. The molecule has 2 N–H and O–H groups in total. The second-order valence-corrected chi connectivity index (χ2v) is 6.25. The molecule has 3 nitrogen and oxygen atoms in total. The van der Waals surface area contributed by atoms with Crippen molar-refractivity contribution in [3.05, 3.63) is 56.5 Å². The average molecular weight is 398 g/mol. The Kier molecular flexibility index (Phi) is 4.50. The molecule has 0 aromatic heterocycles. The molecule has 0 atom stereocenters. The summed E-state index contributed by atoms with van der Waals surface area (Å²) in [5.74, 6) is -0.0853. The van der Waals surface area contributed by atoms with Crippen molar-refractivity contribution in [3.63, 3.8) is 0 Å². The van der Waals surface area contributed by atoms with Gasteiger partial charge in [-0.05, 0) is 42.8 Å². The molecule has 0 unspecified atom stereocenters. The lowest BCUT2D eigenvalue weighted by Gasteiger charge is -2.20. The second-order valence-electron chi connectivity index (χ2n) is 4.48. The lowest BCUT2D eigenvalue weighted by molar-refractivity contribution is 0.0992. The van der Waals surface area contributed by atoms with Crippen LogP contribution in [0.15, 0.2) is 45.3 Å². The number of nitrogen functional groups attached to an aromatic ring is 1. The molecule has 0 aliphatic heterocycles. The van der Waals surface area contributed by atoms with E-state index >= 15 is 0 Å². The fourth-order valence-corrected chi connectivity index (χ4v) is 2.71. The van der Waals surface area contributed by atoms with Crippen molar-refractivity contribution in [2.24, 2.45) is 0 Å². The van der Waals surface area contributed by atoms with Gasteiger partial charge in [-0.2, -0.15) is 0 Å². The molecule has 0 saturated carbocycles. The monoisotopic (exact) mass is 396 g/mol. The predicted molar refractivity (Wildman–Crippen MR) is 90.2 cm³/mol. The van der Waals surface area contributed by atoms with E-state index in [2.05, 4.69) is 31.9 Å². The van der Waals surface area contributed by atoms with Gasteiger partial charge in [0.25, 0.3) is 5.91 Å². The molecule has 2 rings (SSSR count). The molecule has 0 radical (unpaired) electrons. The molecular weight excluding hydrogens is 384 g/mol. The minimum atomic E-state index is -0.0853. The van der Waals surface area contributed by atoms with Crippen LogP contribution < -0.4 is 10.6 Å². The van der Waals surface area contributed by atoms with Crippen molar-refractivity contribution in [1.29, 1.82) is 0 Å². The van der Waals surface area contributed by atoms with Gasteiger partial charge in [-0.3, -0.25) is 4.79 Å². The highest BCUT2D eigenvalue weighted by Gasteiger charge is 2.18. The molecule has 0 heterocycles. The SMILES string of the molecule is Cc1c(Br)cccc1C(=O)N(C)c1ccc(Br)cc1N. The number of halogens is 2. The van der Waals surface area contributed by atoms with Gasteiger partial charge in [0.05, 0.1) is 11.4 Å². The van der Waals surface area contributed by atoms with E-state index in [-0.39, 0.29) is 5.91 Å². The summed E-state index contributed by atoms with van der Waals surface area (Å²) in [6.07, 6.45) is 0. The highest BCUT2D eigenvalue weighted by molar-refractivity contribution is 9.10. The summed E-state index contributed by atoms with van der Waals surface area (Å²) in [5.41, 5.74) is 8.80. The fraction of sp³-hybridized carbons (Fsp3) is 0.133. The minimum Gasteiger partial charge on any atom is -0.397 e. The van der Waals surface area contributed by atoms with Crippen LogP contribution in [-0.2, 0) is 0 Å². The largest absolute Gasteiger partial charge is 0.397 e. The van der Waals surface area contributed by atoms with Gasteiger partial charge in [0.15, 0.2) is 0 Å². The fourth-order valence-electron chi connectivity index (χ4n) is 1.96. The third-order valence-corrected chi connectivity index (χ3v) is 4.51. The van der Waals surface area contributed by atoms with Gasteiger partial charge in [-0.15, -0.1) is 0 Å². The second kappa shape index (κ2) is 5.97. The first-order valence-electron chi connectivity index (χ1n) is 6.00. The van der Waals surface area contributed by atoms with Crippen LogP contribution in [0.25, 0.3) is 0 Å². The molecule has 5 heteroatoms. The Morgan fingerprint density at radius 1 is 1.20 bits per heavy atom. The Labute approximate surface area is 135 Å². The van der Waals surface area contributed by atoms with Gasteiger partial charge in [0.1, 0.15) is 0 Å². The quantitative estimate of drug-likeness (QED) is 0.764. The van der Waals surface area contributed by atoms with Crippen molar-refractivity contribution in [3.8, 4) is 0 Å². The highest BCUT2D eigenvalue weighted by atomic mass is 79.9. The summed E-state index contributed by atoms with van der Waals surface area (Å²) in [5, 5.41) is 0. The third-order valence-electron chi connectivity index (χ3n) is 3.15. The molecule has 0 fully saturated rings. The van der Waals surface area contributed by atoms with E-state index in [9.17, 15) is 4.79 Å². The van der Waals surface area contributed by atoms with Crippen molar-refractivity contribution < 1.29 is 4.79 Å². The zero-order chi connectivity index (χ0) is 14.9. The smallest absolute Gasteiger partial charge is 0.258 e. The Morgan fingerprint density at radius 3 is 2.55 bits per heavy atom. The summed E-state index contributed by atoms with van der Waals surface area (Å²) in [7, 11) is 1.72. The third kappa shape index (κ3) is 2.88. The lowest BCUT2D eigenvalue weighted by atomic mass is 10.1. The number of carbonyl (C=O) groups is 1. The molecule has 20 heavy (non-hydrogen) atoms. The van der Waals surface area contributed by atoms with Crippen LogP contribution in [0.3, 0.4) is 0 Å². The van der Waals surface area contributed by atoms with E-state index in [1.165, 1.54) is 0 Å². The van der Waals surface area contributed by atoms with E-state index in [0.717, 1.165) is 14.5 Å². The number of anilines is 2. The molecular formula is C15H14Br2N2O. The zero-order valence-electron chi connectivity index (χ0n) is 11.2. The van der Waals surface area contributed by atoms with Crippen LogP contribution in [0.2, 0.25) is 0 Å². The van der Waals surface area contributed by atoms with Gasteiger partial charge in [-0.1, -0.05) is 37.9 Å². The number of amides is 1. The van der Waals surface area contributed by atoms with Crippen molar-refractivity contribution in [2.75, 3.05) is 17.7 Å². The average Bonchev–Trinajstić information content (AvgIpc) is 2.40. The Balaban J connectivity index is 2.40. The van der Waals surface area contributed by atoms with Crippen molar-refractivity contribution in [2.45, 2.75) is 6.92 Å². The molecule has 1 amide bonds. The first kappa shape index (κ1) is 15.1. The topological polar surface area (TPSA) is 46.3 Å². The predicted octanol–water partition coefficient (Wildman–Crippen LogP) is 4.38. The number of hydrogen-bond donors (Lipinski definition) is 1. The maximum atomic E-state index is 12.6. The molecule has 0 aliphatic carbocycles. The molecule has 0 saturated heterocycles. The van der Waals surface area contributed by atoms with Crippen LogP contribution in [0.1, 0.15) is 15.9 Å². The summed E-state index contributed by atoms with van der Waals surface area (Å²) in [4.78, 5) is 14.2. The first-order chi connectivity index (χ1) is 9.41. The maximum absolute atomic E-state index is 12.6. The minimum absolute atomic E-state index is 0.0853. The van der Waals surface area contributed by atoms with Crippen molar-refractivity contribution >= 4 is 49.1 Å². The highest BCUT2D eigenvalue weighted by Crippen LogP contribution is 2.28. The first-order valence-corrected chi connectivity index (χ1v) is 7.58. The number of nitrogens with zero attached hydrogens (tertiary/aromatic N) is 1. The number of carbonyl (C=O) groups excluding carboxylic acids is 1. The van der Waals surface area contributed by atoms with Gasteiger partial charge in [0.2, 0.25) is 0 Å². The maximum Gasteiger partial charge on any atom is 0.258 e. The van der Waals surface area contributed by atoms with Gasteiger partial charge >= 0.3 is 0 Å². The van der Waals surface area contributed by atoms with E-state index in [0.29, 0.717) is 16.9 Å². The Morgan fingerprint density at radius 2 is 1.90 bits per heavy atom. The van der Waals surface area contributed by atoms with E-state index in [4.69, 9.17) is 5.73 Å². The molecule has 0 spiro atoms. The summed E-state index contributed by atoms with van der Waals surface area (Å²) >= 11 is 6.80. The number of benzene rings is 2. The van der Waals surface area contributed by atoms with Crippen LogP contribution in [0, 0.1) is 6.92 Å². The van der Waals surface area contributed by atoms with Gasteiger partial charge in [-0.25, -0.2) is 0 Å². The molecule has 104 valence electrons. The standard InChI is InChI=1S/C15H14Br2N2O/c1-9-11(4-3-5-12(9)17)15(20)19(2)14-7-6-10(16)8-13(14)18/h3-8H,18H2,1-2H3. The Hall–Kier alpha value is -1.33. The number of rotatable bonds is 2. The van der Waals surface area contributed by atoms with Crippen molar-refractivity contribution in [1.82, 2.24) is 0 Å². The van der Waals surface area contributed by atoms with Gasteiger partial charge < -0.3 is 10.6 Å². The van der Waals surface area contributed by atoms with Gasteiger partial charge in [0, 0.05) is 21.6 Å². The number of hydrogen-bond acceptors (Lipinski definition) is 2. The van der Waals surface area contributed by atoms with E-state index in [1.54, 1.807) is 18.0 Å². The van der Waals surface area contributed by atoms with Crippen LogP contribution in [-0.4, -0.2) is 13.0 Å². The normalized spacial score (nSPS) is 10.4. The Bertz CT molecular complexity index is 671. The molecule has 2 aromatic carbocycles. The van der Waals surface area contributed by atoms with Crippen LogP contribution >= 0.6 is 31.9 Å². The van der Waals surface area contributed by atoms with E-state index in [1.807, 2.05) is 37.3 Å². The van der Waals surface area contributed by atoms with E-state index < -0.39 is 0 Å². The molecule has 0 bridgehead atoms. The molecule has 2 aromatic rings. The summed E-state index contributed by atoms with van der Waals surface area (Å²) < 4.78 is 1.80. The van der Waals surface area contributed by atoms with Crippen LogP contribution in [0.5, 0.6) is 0 Å². The molecule has 0 aliphatic rings. The lowest BCUT2D eigenvalue weighted by Crippen LogP contribution is -2.27. The zero-order valence-corrected chi connectivity index (χ0v) is 14.3. The van der Waals surface area contributed by atoms with Crippen LogP contribution in [0.4, 0.5) is 11.4 Å². The summed E-state index contributed by atoms with van der Waals surface area (Å²) in [6, 6.07) is 11.1. The number of nitrogens with two attached hydrogens (primary N) is 1.